The van der Waals surface area contributed by atoms with E-state index >= 15 is 0 Å². The van der Waals surface area contributed by atoms with Gasteiger partial charge in [-0.25, -0.2) is 0 Å². The van der Waals surface area contributed by atoms with Gasteiger partial charge in [0, 0.05) is 12.6 Å². The zero-order chi connectivity index (χ0) is 12.1. The number of hydrogen-bond acceptors (Lipinski definition) is 4. The molecule has 0 bridgehead atoms. The summed E-state index contributed by atoms with van der Waals surface area (Å²) >= 11 is 0. The van der Waals surface area contributed by atoms with Gasteiger partial charge in [0.05, 0.1) is 6.54 Å². The Kier molecular flexibility index (Phi) is 4.18. The van der Waals surface area contributed by atoms with Gasteiger partial charge in [-0.3, -0.25) is 0 Å². The molecule has 92 valence electrons. The molecule has 1 unspecified atom stereocenters. The van der Waals surface area contributed by atoms with Gasteiger partial charge in [-0.05, 0) is 45.0 Å². The van der Waals surface area contributed by atoms with Crippen LogP contribution >= 0.6 is 0 Å². The maximum Gasteiger partial charge on any atom is 0.203 e. The van der Waals surface area contributed by atoms with E-state index in [1.165, 1.54) is 25.9 Å². The van der Waals surface area contributed by atoms with Crippen LogP contribution in [-0.4, -0.2) is 30.6 Å². The molecule has 0 aromatic carbocycles. The summed E-state index contributed by atoms with van der Waals surface area (Å²) in [4.78, 5) is 2.49. The van der Waals surface area contributed by atoms with Gasteiger partial charge in [0.2, 0.25) is 5.76 Å². The average molecular weight is 233 g/mol. The Morgan fingerprint density at radius 3 is 2.88 bits per heavy atom. The minimum absolute atomic E-state index is 0.383. The fourth-order valence-corrected chi connectivity index (χ4v) is 2.22. The van der Waals surface area contributed by atoms with Gasteiger partial charge < -0.3 is 14.6 Å². The highest BCUT2D eigenvalue weighted by Crippen LogP contribution is 2.09. The molecular formula is C13H19N3O. The maximum atomic E-state index is 8.65. The van der Waals surface area contributed by atoms with E-state index in [0.717, 1.165) is 12.3 Å². The van der Waals surface area contributed by atoms with Gasteiger partial charge >= 0.3 is 0 Å². The Hall–Kier alpha value is -1.31. The third-order valence-electron chi connectivity index (χ3n) is 3.13. The zero-order valence-corrected chi connectivity index (χ0v) is 10.3. The van der Waals surface area contributed by atoms with Gasteiger partial charge in [-0.1, -0.05) is 0 Å². The van der Waals surface area contributed by atoms with Crippen molar-refractivity contribution >= 4 is 0 Å². The topological polar surface area (TPSA) is 52.2 Å². The Labute approximate surface area is 102 Å². The normalized spacial score (nSPS) is 18.1. The van der Waals surface area contributed by atoms with Crippen LogP contribution in [0.25, 0.3) is 0 Å². The Balaban J connectivity index is 1.71. The lowest BCUT2D eigenvalue weighted by atomic mass is 10.3. The molecular weight excluding hydrogens is 214 g/mol. The third kappa shape index (κ3) is 3.58. The van der Waals surface area contributed by atoms with Crippen LogP contribution < -0.4 is 5.32 Å². The number of nitriles is 1. The molecule has 4 nitrogen and oxygen atoms in total. The van der Waals surface area contributed by atoms with Crippen LogP contribution in [0.4, 0.5) is 0 Å². The summed E-state index contributed by atoms with van der Waals surface area (Å²) in [6.45, 7) is 6.42. The SMILES string of the molecule is CC(CN1CCCC1)NCc1ccc(C#N)o1. The lowest BCUT2D eigenvalue weighted by molar-refractivity contribution is 0.294. The van der Waals surface area contributed by atoms with Crippen LogP contribution in [0, 0.1) is 11.3 Å². The van der Waals surface area contributed by atoms with Crippen molar-refractivity contribution in [3.05, 3.63) is 23.7 Å². The van der Waals surface area contributed by atoms with E-state index in [9.17, 15) is 0 Å². The minimum atomic E-state index is 0.383. The first-order valence-corrected chi connectivity index (χ1v) is 6.22. The molecule has 1 saturated heterocycles. The molecule has 1 aromatic rings. The van der Waals surface area contributed by atoms with Crippen molar-refractivity contribution in [3.8, 4) is 6.07 Å². The van der Waals surface area contributed by atoms with Gasteiger partial charge in [0.15, 0.2) is 0 Å². The maximum absolute atomic E-state index is 8.65. The first-order chi connectivity index (χ1) is 8.28. The number of nitrogens with one attached hydrogen (secondary N) is 1. The highest BCUT2D eigenvalue weighted by atomic mass is 16.3. The predicted octanol–water partition coefficient (Wildman–Crippen LogP) is 1.73. The average Bonchev–Trinajstić information content (AvgIpc) is 2.96. The van der Waals surface area contributed by atoms with Gasteiger partial charge in [-0.2, -0.15) is 5.26 Å². The van der Waals surface area contributed by atoms with E-state index in [0.29, 0.717) is 18.3 Å². The van der Waals surface area contributed by atoms with Crippen molar-refractivity contribution in [3.63, 3.8) is 0 Å². The van der Waals surface area contributed by atoms with E-state index in [4.69, 9.17) is 9.68 Å². The molecule has 0 aliphatic carbocycles. The van der Waals surface area contributed by atoms with E-state index in [1.807, 2.05) is 12.1 Å². The predicted molar refractivity (Wildman–Crippen MR) is 65.4 cm³/mol. The van der Waals surface area contributed by atoms with Crippen LogP contribution in [0.15, 0.2) is 16.5 Å². The molecule has 0 saturated carbocycles. The van der Waals surface area contributed by atoms with Crippen LogP contribution in [-0.2, 0) is 6.54 Å². The number of rotatable bonds is 5. The number of furan rings is 1. The van der Waals surface area contributed by atoms with Gasteiger partial charge in [-0.15, -0.1) is 0 Å². The molecule has 0 radical (unpaired) electrons. The van der Waals surface area contributed by atoms with Crippen molar-refractivity contribution in [2.24, 2.45) is 0 Å². The lowest BCUT2D eigenvalue weighted by Crippen LogP contribution is -2.37. The van der Waals surface area contributed by atoms with Crippen molar-refractivity contribution in [2.45, 2.75) is 32.4 Å². The van der Waals surface area contributed by atoms with Crippen molar-refractivity contribution in [1.82, 2.24) is 10.2 Å². The van der Waals surface area contributed by atoms with Crippen LogP contribution in [0.5, 0.6) is 0 Å². The molecule has 1 atom stereocenters. The highest BCUT2D eigenvalue weighted by Gasteiger charge is 2.14. The first-order valence-electron chi connectivity index (χ1n) is 6.22. The van der Waals surface area contributed by atoms with Crippen LogP contribution in [0.3, 0.4) is 0 Å². The van der Waals surface area contributed by atoms with Gasteiger partial charge in [0.25, 0.3) is 0 Å². The summed E-state index contributed by atoms with van der Waals surface area (Å²) in [5.41, 5.74) is 0. The molecule has 1 fully saturated rings. The van der Waals surface area contributed by atoms with Crippen molar-refractivity contribution in [2.75, 3.05) is 19.6 Å². The summed E-state index contributed by atoms with van der Waals surface area (Å²) < 4.78 is 5.32. The number of hydrogen-bond donors (Lipinski definition) is 1. The first kappa shape index (κ1) is 12.2. The second-order valence-electron chi connectivity index (χ2n) is 4.67. The molecule has 4 heteroatoms. The molecule has 2 rings (SSSR count). The molecule has 0 spiro atoms. The molecule has 1 N–H and O–H groups in total. The smallest absolute Gasteiger partial charge is 0.203 e. The quantitative estimate of drug-likeness (QED) is 0.841. The summed E-state index contributed by atoms with van der Waals surface area (Å²) in [6.07, 6.45) is 2.66. The van der Waals surface area contributed by atoms with E-state index in [2.05, 4.69) is 17.1 Å². The molecule has 1 aliphatic rings. The molecule has 2 heterocycles. The molecule has 1 aliphatic heterocycles. The Bertz CT molecular complexity index is 388. The lowest BCUT2D eigenvalue weighted by Gasteiger charge is -2.20. The van der Waals surface area contributed by atoms with E-state index in [1.54, 1.807) is 6.07 Å². The number of likely N-dealkylation sites (tertiary alicyclic amines) is 1. The molecule has 0 amide bonds. The van der Waals surface area contributed by atoms with E-state index < -0.39 is 0 Å². The third-order valence-corrected chi connectivity index (χ3v) is 3.13. The summed E-state index contributed by atoms with van der Waals surface area (Å²) in [7, 11) is 0. The van der Waals surface area contributed by atoms with Crippen molar-refractivity contribution < 1.29 is 4.42 Å². The minimum Gasteiger partial charge on any atom is -0.449 e. The fraction of sp³-hybridized carbons (Fsp3) is 0.615. The summed E-state index contributed by atoms with van der Waals surface area (Å²) in [5, 5.41) is 12.1. The second-order valence-corrected chi connectivity index (χ2v) is 4.67. The zero-order valence-electron chi connectivity index (χ0n) is 10.3. The number of nitrogens with zero attached hydrogens (tertiary/aromatic N) is 2. The second kappa shape index (κ2) is 5.85. The highest BCUT2D eigenvalue weighted by molar-refractivity contribution is 5.18. The molecule has 1 aromatic heterocycles. The monoisotopic (exact) mass is 233 g/mol. The van der Waals surface area contributed by atoms with Gasteiger partial charge in [0.1, 0.15) is 11.8 Å². The van der Waals surface area contributed by atoms with Crippen LogP contribution in [0.1, 0.15) is 31.3 Å². The largest absolute Gasteiger partial charge is 0.449 e. The summed E-state index contributed by atoms with van der Waals surface area (Å²) in [5.74, 6) is 1.21. The Morgan fingerprint density at radius 2 is 2.24 bits per heavy atom. The fourth-order valence-electron chi connectivity index (χ4n) is 2.22. The van der Waals surface area contributed by atoms with Crippen molar-refractivity contribution in [1.29, 1.82) is 5.26 Å². The summed E-state index contributed by atoms with van der Waals surface area (Å²) in [6, 6.07) is 6.00. The Morgan fingerprint density at radius 1 is 1.47 bits per heavy atom. The molecule has 17 heavy (non-hydrogen) atoms. The van der Waals surface area contributed by atoms with E-state index in [-0.39, 0.29) is 0 Å². The van der Waals surface area contributed by atoms with Crippen LogP contribution in [0.2, 0.25) is 0 Å². The standard InChI is InChI=1S/C13H19N3O/c1-11(10-16-6-2-3-7-16)15-9-13-5-4-12(8-14)17-13/h4-5,11,15H,2-3,6-7,9-10H2,1H3.